The van der Waals surface area contributed by atoms with Crippen LogP contribution in [0.2, 0.25) is 0 Å². The van der Waals surface area contributed by atoms with Crippen molar-refractivity contribution in [3.63, 3.8) is 0 Å². The topological polar surface area (TPSA) is 65.4 Å². The summed E-state index contributed by atoms with van der Waals surface area (Å²) in [5, 5.41) is 3.90. The lowest BCUT2D eigenvalue weighted by atomic mass is 10.1. The van der Waals surface area contributed by atoms with Gasteiger partial charge in [-0.3, -0.25) is 4.79 Å². The molecule has 8 heteroatoms. The Morgan fingerprint density at radius 3 is 2.65 bits per heavy atom. The van der Waals surface area contributed by atoms with E-state index < -0.39 is 0 Å². The second-order valence-electron chi connectivity index (χ2n) is 8.17. The predicted molar refractivity (Wildman–Crippen MR) is 130 cm³/mol. The Hall–Kier alpha value is -3.52. The first-order valence-electron chi connectivity index (χ1n) is 11.0. The summed E-state index contributed by atoms with van der Waals surface area (Å²) in [7, 11) is 1.93. The average molecular weight is 478 g/mol. The van der Waals surface area contributed by atoms with E-state index in [0.29, 0.717) is 30.3 Å². The first-order chi connectivity index (χ1) is 16.5. The smallest absolute Gasteiger partial charge is 0.251 e. The number of aryl methyl sites for hydroxylation is 1. The van der Waals surface area contributed by atoms with Gasteiger partial charge in [0.05, 0.1) is 17.1 Å². The molecule has 0 bridgehead atoms. The number of nitrogens with zero attached hydrogens (tertiary/aromatic N) is 2. The number of benzene rings is 3. The van der Waals surface area contributed by atoms with Crippen LogP contribution in [0.1, 0.15) is 34.5 Å². The Morgan fingerprint density at radius 2 is 1.85 bits per heavy atom. The second-order valence-corrected chi connectivity index (χ2v) is 9.11. The van der Waals surface area contributed by atoms with Crippen LogP contribution in [0.3, 0.4) is 0 Å². The van der Waals surface area contributed by atoms with Crippen molar-refractivity contribution in [1.82, 2.24) is 14.9 Å². The minimum atomic E-state index is -0.245. The molecule has 0 saturated carbocycles. The molecule has 1 aromatic heterocycles. The maximum atomic E-state index is 13.1. The van der Waals surface area contributed by atoms with E-state index in [-0.39, 0.29) is 17.8 Å². The molecule has 1 amide bonds. The molecule has 34 heavy (non-hydrogen) atoms. The highest BCUT2D eigenvalue weighted by Crippen LogP contribution is 2.33. The maximum Gasteiger partial charge on any atom is 0.251 e. The van der Waals surface area contributed by atoms with Crippen molar-refractivity contribution >= 4 is 28.7 Å². The Balaban J connectivity index is 1.30. The van der Waals surface area contributed by atoms with Crippen LogP contribution in [-0.2, 0) is 12.8 Å². The molecule has 1 atom stereocenters. The van der Waals surface area contributed by atoms with Gasteiger partial charge >= 0.3 is 0 Å². The van der Waals surface area contributed by atoms with Gasteiger partial charge in [0.25, 0.3) is 5.91 Å². The van der Waals surface area contributed by atoms with Crippen LogP contribution >= 0.6 is 11.8 Å². The lowest BCUT2D eigenvalue weighted by Gasteiger charge is -2.21. The first kappa shape index (κ1) is 22.3. The van der Waals surface area contributed by atoms with Gasteiger partial charge in [-0.25, -0.2) is 9.37 Å². The van der Waals surface area contributed by atoms with Crippen molar-refractivity contribution < 1.29 is 18.7 Å². The first-order valence-corrected chi connectivity index (χ1v) is 12.0. The lowest BCUT2D eigenvalue weighted by Crippen LogP contribution is -2.26. The number of hydrogen-bond donors (Lipinski definition) is 1. The molecule has 6 nitrogen and oxygen atoms in total. The molecule has 0 spiro atoms. The lowest BCUT2D eigenvalue weighted by molar-refractivity contribution is 0.0940. The van der Waals surface area contributed by atoms with Crippen LogP contribution in [0, 0.1) is 5.82 Å². The number of fused-ring (bicyclic) bond motifs is 2. The minimum Gasteiger partial charge on any atom is -0.486 e. The molecule has 0 fully saturated rings. The molecule has 2 heterocycles. The highest BCUT2D eigenvalue weighted by molar-refractivity contribution is 7.98. The second kappa shape index (κ2) is 9.38. The molecule has 1 aliphatic heterocycles. The van der Waals surface area contributed by atoms with Gasteiger partial charge < -0.3 is 19.4 Å². The van der Waals surface area contributed by atoms with E-state index in [4.69, 9.17) is 9.47 Å². The third kappa shape index (κ3) is 4.59. The Bertz CT molecular complexity index is 1350. The van der Waals surface area contributed by atoms with Gasteiger partial charge in [0.15, 0.2) is 16.7 Å². The maximum absolute atomic E-state index is 13.1. The van der Waals surface area contributed by atoms with Crippen molar-refractivity contribution in [2.24, 2.45) is 7.05 Å². The summed E-state index contributed by atoms with van der Waals surface area (Å²) in [6.07, 6.45) is 0. The van der Waals surface area contributed by atoms with E-state index in [1.165, 1.54) is 12.1 Å². The van der Waals surface area contributed by atoms with E-state index >= 15 is 0 Å². The van der Waals surface area contributed by atoms with Crippen molar-refractivity contribution in [3.05, 3.63) is 83.2 Å². The fourth-order valence-electron chi connectivity index (χ4n) is 3.86. The van der Waals surface area contributed by atoms with Gasteiger partial charge in [0.2, 0.25) is 0 Å². The SMILES string of the molecule is C[C@H](NC(=O)c1ccc2nc(SCc3ccc(F)cc3)n(C)c2c1)c1ccc2c(c1)OCCO2. The zero-order chi connectivity index (χ0) is 23.7. The molecule has 0 aliphatic carbocycles. The van der Waals surface area contributed by atoms with E-state index in [0.717, 1.165) is 33.1 Å². The molecule has 0 radical (unpaired) electrons. The van der Waals surface area contributed by atoms with Crippen molar-refractivity contribution in [2.45, 2.75) is 23.9 Å². The van der Waals surface area contributed by atoms with Gasteiger partial charge in [-0.05, 0) is 60.5 Å². The van der Waals surface area contributed by atoms with Gasteiger partial charge in [-0.1, -0.05) is 30.0 Å². The number of carbonyl (C=O) groups excluding carboxylic acids is 1. The number of nitrogens with one attached hydrogen (secondary N) is 1. The number of carbonyl (C=O) groups is 1. The summed E-state index contributed by atoms with van der Waals surface area (Å²) in [6, 6.07) is 17.5. The quantitative estimate of drug-likeness (QED) is 0.384. The van der Waals surface area contributed by atoms with Crippen LogP contribution in [0.5, 0.6) is 11.5 Å². The van der Waals surface area contributed by atoms with Crippen LogP contribution in [0.4, 0.5) is 4.39 Å². The highest BCUT2D eigenvalue weighted by Gasteiger charge is 2.18. The number of hydrogen-bond acceptors (Lipinski definition) is 5. The summed E-state index contributed by atoms with van der Waals surface area (Å²) in [4.78, 5) is 17.7. The number of thioether (sulfide) groups is 1. The summed E-state index contributed by atoms with van der Waals surface area (Å²) in [6.45, 7) is 3.00. The molecule has 1 aliphatic rings. The van der Waals surface area contributed by atoms with Crippen LogP contribution in [0.15, 0.2) is 65.8 Å². The van der Waals surface area contributed by atoms with E-state index in [1.54, 1.807) is 30.0 Å². The van der Waals surface area contributed by atoms with E-state index in [2.05, 4.69) is 10.3 Å². The summed E-state index contributed by atoms with van der Waals surface area (Å²) < 4.78 is 26.3. The minimum absolute atomic E-state index is 0.161. The van der Waals surface area contributed by atoms with Crippen molar-refractivity contribution in [3.8, 4) is 11.5 Å². The highest BCUT2D eigenvalue weighted by atomic mass is 32.2. The number of amides is 1. The predicted octanol–water partition coefficient (Wildman–Crippen LogP) is 5.27. The molecule has 174 valence electrons. The number of halogens is 1. The number of ether oxygens (including phenoxy) is 2. The molecule has 4 aromatic rings. The van der Waals surface area contributed by atoms with Gasteiger partial charge in [0.1, 0.15) is 19.0 Å². The molecule has 3 aromatic carbocycles. The average Bonchev–Trinajstić information content (AvgIpc) is 3.18. The van der Waals surface area contributed by atoms with Gasteiger partial charge in [0, 0.05) is 18.4 Å². The van der Waals surface area contributed by atoms with E-state index in [9.17, 15) is 9.18 Å². The van der Waals surface area contributed by atoms with Crippen LogP contribution in [0.25, 0.3) is 11.0 Å². The largest absolute Gasteiger partial charge is 0.486 e. The van der Waals surface area contributed by atoms with Crippen LogP contribution in [-0.4, -0.2) is 28.7 Å². The third-order valence-corrected chi connectivity index (χ3v) is 6.90. The zero-order valence-electron chi connectivity index (χ0n) is 18.9. The fraction of sp³-hybridized carbons (Fsp3) is 0.231. The molecule has 5 rings (SSSR count). The monoisotopic (exact) mass is 477 g/mol. The summed E-state index contributed by atoms with van der Waals surface area (Å²) >= 11 is 1.57. The number of aromatic nitrogens is 2. The van der Waals surface area contributed by atoms with Crippen LogP contribution < -0.4 is 14.8 Å². The molecular formula is C26H24FN3O3S. The molecule has 1 N–H and O–H groups in total. The number of imidazole rings is 1. The standard InChI is InChI=1S/C26H24FN3O3S/c1-16(18-6-10-23-24(14-18)33-12-11-32-23)28-25(31)19-5-9-21-22(13-19)30(2)26(29-21)34-15-17-3-7-20(27)8-4-17/h3-10,13-14,16H,11-12,15H2,1-2H3,(H,28,31)/t16-/m0/s1. The van der Waals surface area contributed by atoms with Crippen molar-refractivity contribution in [2.75, 3.05) is 13.2 Å². The molecule has 0 saturated heterocycles. The summed E-state index contributed by atoms with van der Waals surface area (Å²) in [5.41, 5.74) is 4.22. The van der Waals surface area contributed by atoms with Gasteiger partial charge in [-0.15, -0.1) is 0 Å². The Labute approximate surface area is 201 Å². The van der Waals surface area contributed by atoms with Gasteiger partial charge in [-0.2, -0.15) is 0 Å². The third-order valence-electron chi connectivity index (χ3n) is 5.80. The van der Waals surface area contributed by atoms with Crippen molar-refractivity contribution in [1.29, 1.82) is 0 Å². The molecule has 0 unspecified atom stereocenters. The summed E-state index contributed by atoms with van der Waals surface area (Å²) in [5.74, 6) is 1.70. The Kier molecular flexibility index (Phi) is 6.15. The fourth-order valence-corrected chi connectivity index (χ4v) is 4.80. The zero-order valence-corrected chi connectivity index (χ0v) is 19.7. The number of rotatable bonds is 6. The van der Waals surface area contributed by atoms with E-state index in [1.807, 2.05) is 48.9 Å². The normalized spacial score (nSPS) is 13.6. The molecular weight excluding hydrogens is 453 g/mol. The Morgan fingerprint density at radius 1 is 1.09 bits per heavy atom.